The van der Waals surface area contributed by atoms with Crippen LogP contribution in [0.15, 0.2) is 24.3 Å². The summed E-state index contributed by atoms with van der Waals surface area (Å²) in [6, 6.07) is 6.80. The van der Waals surface area contributed by atoms with Crippen molar-refractivity contribution in [3.63, 3.8) is 0 Å². The van der Waals surface area contributed by atoms with E-state index in [1.54, 1.807) is 24.3 Å². The Morgan fingerprint density at radius 1 is 1.09 bits per heavy atom. The van der Waals surface area contributed by atoms with Crippen molar-refractivity contribution in [2.24, 2.45) is 0 Å². The number of carboxylic acids is 1. The van der Waals surface area contributed by atoms with Gasteiger partial charge in [-0.3, -0.25) is 14.4 Å². The predicted octanol–water partition coefficient (Wildman–Crippen LogP) is 1.95. The molecule has 0 aliphatic heterocycles. The molecule has 1 aromatic carbocycles. The molecule has 0 atom stereocenters. The van der Waals surface area contributed by atoms with Crippen LogP contribution in [0.3, 0.4) is 0 Å². The van der Waals surface area contributed by atoms with Crippen LogP contribution in [-0.2, 0) is 20.8 Å². The van der Waals surface area contributed by atoms with E-state index in [0.29, 0.717) is 30.6 Å². The van der Waals surface area contributed by atoms with Crippen molar-refractivity contribution in [2.45, 2.75) is 39.0 Å². The summed E-state index contributed by atoms with van der Waals surface area (Å²) in [7, 11) is 0. The van der Waals surface area contributed by atoms with Gasteiger partial charge in [0.05, 0.1) is 6.42 Å². The van der Waals surface area contributed by atoms with Crippen LogP contribution in [0.1, 0.15) is 38.2 Å². The van der Waals surface area contributed by atoms with Crippen LogP contribution in [0.5, 0.6) is 0 Å². The molecule has 1 aromatic rings. The third-order valence-corrected chi connectivity index (χ3v) is 3.01. The number of hydrogen-bond donors (Lipinski definition) is 3. The molecule has 3 N–H and O–H groups in total. The Kier molecular flexibility index (Phi) is 7.67. The summed E-state index contributed by atoms with van der Waals surface area (Å²) in [4.78, 5) is 34.0. The van der Waals surface area contributed by atoms with E-state index in [1.807, 2.05) is 6.92 Å². The SMILES string of the molecule is CCCNC(=O)CCCC(=O)Nc1ccccc1CC(=O)O. The number of amides is 2. The Morgan fingerprint density at radius 2 is 1.77 bits per heavy atom. The van der Waals surface area contributed by atoms with Crippen molar-refractivity contribution in [1.29, 1.82) is 0 Å². The zero-order valence-corrected chi connectivity index (χ0v) is 12.7. The molecule has 0 heterocycles. The molecule has 0 aliphatic carbocycles. The Balaban J connectivity index is 2.42. The maximum absolute atomic E-state index is 11.9. The summed E-state index contributed by atoms with van der Waals surface area (Å²) in [5, 5.41) is 14.3. The normalized spacial score (nSPS) is 10.0. The first-order valence-electron chi connectivity index (χ1n) is 7.39. The monoisotopic (exact) mass is 306 g/mol. The highest BCUT2D eigenvalue weighted by Crippen LogP contribution is 2.16. The van der Waals surface area contributed by atoms with Crippen LogP contribution >= 0.6 is 0 Å². The van der Waals surface area contributed by atoms with Gasteiger partial charge in [0.25, 0.3) is 0 Å². The highest BCUT2D eigenvalue weighted by molar-refractivity contribution is 5.92. The van der Waals surface area contributed by atoms with Crippen molar-refractivity contribution >= 4 is 23.5 Å². The minimum absolute atomic E-state index is 0.0547. The van der Waals surface area contributed by atoms with Gasteiger partial charge in [0.1, 0.15) is 0 Å². The molecule has 0 aliphatic rings. The summed E-state index contributed by atoms with van der Waals surface area (Å²) in [6.07, 6.45) is 1.73. The first kappa shape index (κ1) is 17.7. The molecule has 0 radical (unpaired) electrons. The molecular formula is C16H22N2O4. The summed E-state index contributed by atoms with van der Waals surface area (Å²) in [6.45, 7) is 2.62. The highest BCUT2D eigenvalue weighted by Gasteiger charge is 2.10. The van der Waals surface area contributed by atoms with Gasteiger partial charge in [-0.15, -0.1) is 0 Å². The van der Waals surface area contributed by atoms with Crippen LogP contribution in [-0.4, -0.2) is 29.4 Å². The fraction of sp³-hybridized carbons (Fsp3) is 0.438. The molecule has 2 amide bonds. The van der Waals surface area contributed by atoms with Gasteiger partial charge in [-0.05, 0) is 24.5 Å². The van der Waals surface area contributed by atoms with Crippen molar-refractivity contribution in [3.8, 4) is 0 Å². The fourth-order valence-corrected chi connectivity index (χ4v) is 1.93. The van der Waals surface area contributed by atoms with E-state index in [0.717, 1.165) is 6.42 Å². The second-order valence-electron chi connectivity index (χ2n) is 4.98. The van der Waals surface area contributed by atoms with Gasteiger partial charge < -0.3 is 15.7 Å². The lowest BCUT2D eigenvalue weighted by atomic mass is 10.1. The molecular weight excluding hydrogens is 284 g/mol. The number of carboxylic acid groups (broad SMARTS) is 1. The van der Waals surface area contributed by atoms with E-state index in [-0.39, 0.29) is 24.7 Å². The molecule has 0 spiro atoms. The quantitative estimate of drug-likeness (QED) is 0.650. The lowest BCUT2D eigenvalue weighted by molar-refractivity contribution is -0.136. The van der Waals surface area contributed by atoms with E-state index < -0.39 is 5.97 Å². The molecule has 0 unspecified atom stereocenters. The van der Waals surface area contributed by atoms with Crippen molar-refractivity contribution in [1.82, 2.24) is 5.32 Å². The minimum Gasteiger partial charge on any atom is -0.481 e. The number of benzene rings is 1. The number of rotatable bonds is 9. The van der Waals surface area contributed by atoms with Crippen molar-refractivity contribution < 1.29 is 19.5 Å². The topological polar surface area (TPSA) is 95.5 Å². The van der Waals surface area contributed by atoms with Gasteiger partial charge in [0.2, 0.25) is 11.8 Å². The molecule has 0 bridgehead atoms. The molecule has 22 heavy (non-hydrogen) atoms. The molecule has 0 saturated heterocycles. The van der Waals surface area contributed by atoms with Crippen molar-refractivity contribution in [2.75, 3.05) is 11.9 Å². The first-order chi connectivity index (χ1) is 10.5. The van der Waals surface area contributed by atoms with Crippen LogP contribution < -0.4 is 10.6 Å². The number of carbonyl (C=O) groups excluding carboxylic acids is 2. The Labute approximate surface area is 129 Å². The van der Waals surface area contributed by atoms with E-state index in [1.165, 1.54) is 0 Å². The molecule has 0 aromatic heterocycles. The number of para-hydroxylation sites is 1. The van der Waals surface area contributed by atoms with Crippen molar-refractivity contribution in [3.05, 3.63) is 29.8 Å². The third-order valence-electron chi connectivity index (χ3n) is 3.01. The number of aliphatic carboxylic acids is 1. The van der Waals surface area contributed by atoms with Crippen LogP contribution in [0.4, 0.5) is 5.69 Å². The number of nitrogens with one attached hydrogen (secondary N) is 2. The Hall–Kier alpha value is -2.37. The molecule has 0 fully saturated rings. The average molecular weight is 306 g/mol. The number of carbonyl (C=O) groups is 3. The smallest absolute Gasteiger partial charge is 0.307 e. The van der Waals surface area contributed by atoms with Gasteiger partial charge in [-0.2, -0.15) is 0 Å². The van der Waals surface area contributed by atoms with E-state index in [4.69, 9.17) is 5.11 Å². The maximum atomic E-state index is 11.9. The largest absolute Gasteiger partial charge is 0.481 e. The summed E-state index contributed by atoms with van der Waals surface area (Å²) >= 11 is 0. The lowest BCUT2D eigenvalue weighted by Gasteiger charge is -2.09. The van der Waals surface area contributed by atoms with Gasteiger partial charge in [-0.25, -0.2) is 0 Å². The van der Waals surface area contributed by atoms with Gasteiger partial charge in [0.15, 0.2) is 0 Å². The Morgan fingerprint density at radius 3 is 2.45 bits per heavy atom. The predicted molar refractivity (Wildman–Crippen MR) is 83.6 cm³/mol. The lowest BCUT2D eigenvalue weighted by Crippen LogP contribution is -2.24. The second kappa shape index (κ2) is 9.55. The molecule has 1 rings (SSSR count). The van der Waals surface area contributed by atoms with Gasteiger partial charge in [0, 0.05) is 25.1 Å². The van der Waals surface area contributed by atoms with Crippen LogP contribution in [0.2, 0.25) is 0 Å². The van der Waals surface area contributed by atoms with Crippen LogP contribution in [0, 0.1) is 0 Å². The second-order valence-corrected chi connectivity index (χ2v) is 4.98. The summed E-state index contributed by atoms with van der Waals surface area (Å²) in [5.74, 6) is -1.23. The highest BCUT2D eigenvalue weighted by atomic mass is 16.4. The van der Waals surface area contributed by atoms with E-state index >= 15 is 0 Å². The molecule has 6 nitrogen and oxygen atoms in total. The minimum atomic E-state index is -0.950. The maximum Gasteiger partial charge on any atom is 0.307 e. The van der Waals surface area contributed by atoms with E-state index in [2.05, 4.69) is 10.6 Å². The zero-order chi connectivity index (χ0) is 16.4. The fourth-order valence-electron chi connectivity index (χ4n) is 1.93. The van der Waals surface area contributed by atoms with Gasteiger partial charge >= 0.3 is 5.97 Å². The summed E-state index contributed by atoms with van der Waals surface area (Å²) < 4.78 is 0. The standard InChI is InChI=1S/C16H22N2O4/c1-2-10-17-14(19)8-5-9-15(20)18-13-7-4-3-6-12(13)11-16(21)22/h3-4,6-7H,2,5,8-11H2,1H3,(H,17,19)(H,18,20)(H,21,22). The molecule has 6 heteroatoms. The zero-order valence-electron chi connectivity index (χ0n) is 12.7. The molecule has 120 valence electrons. The van der Waals surface area contributed by atoms with Gasteiger partial charge in [-0.1, -0.05) is 25.1 Å². The van der Waals surface area contributed by atoms with Crippen LogP contribution in [0.25, 0.3) is 0 Å². The Bertz CT molecular complexity index is 529. The number of anilines is 1. The first-order valence-corrected chi connectivity index (χ1v) is 7.39. The van der Waals surface area contributed by atoms with E-state index in [9.17, 15) is 14.4 Å². The summed E-state index contributed by atoms with van der Waals surface area (Å²) in [5.41, 5.74) is 1.06. The number of hydrogen-bond acceptors (Lipinski definition) is 3. The third kappa shape index (κ3) is 6.88. The molecule has 0 saturated carbocycles. The average Bonchev–Trinajstić information content (AvgIpc) is 2.46.